The third-order valence-corrected chi connectivity index (χ3v) is 6.29. The fourth-order valence-corrected chi connectivity index (χ4v) is 4.30. The average Bonchev–Trinajstić information content (AvgIpc) is 2.39. The predicted octanol–water partition coefficient (Wildman–Crippen LogP) is 3.36. The zero-order valence-electron chi connectivity index (χ0n) is 12.9. The second-order valence-electron chi connectivity index (χ2n) is 6.01. The van der Waals surface area contributed by atoms with Gasteiger partial charge in [-0.3, -0.25) is 4.90 Å². The number of nitrogens with zero attached hydrogens (tertiary/aromatic N) is 1. The summed E-state index contributed by atoms with van der Waals surface area (Å²) in [4.78, 5) is 2.72. The predicted molar refractivity (Wildman–Crippen MR) is 84.2 cm³/mol. The minimum atomic E-state index is 0.226. The first-order valence-corrected chi connectivity index (χ1v) is 8.64. The van der Waals surface area contributed by atoms with Gasteiger partial charge in [-0.1, -0.05) is 34.1 Å². The fourth-order valence-electron chi connectivity index (χ4n) is 3.20. The number of thioether (sulfide) groups is 1. The Morgan fingerprint density at radius 1 is 1.39 bits per heavy atom. The Labute approximate surface area is 118 Å². The lowest BCUT2D eigenvalue weighted by atomic mass is 9.82. The summed E-state index contributed by atoms with van der Waals surface area (Å²) in [5, 5.41) is 0.730. The molecule has 0 saturated carbocycles. The lowest BCUT2D eigenvalue weighted by Gasteiger charge is -2.51. The van der Waals surface area contributed by atoms with Gasteiger partial charge in [-0.2, -0.15) is 11.8 Å². The normalized spacial score (nSPS) is 31.0. The van der Waals surface area contributed by atoms with E-state index in [9.17, 15) is 0 Å². The molecular weight excluding hydrogens is 240 g/mol. The van der Waals surface area contributed by atoms with Crippen molar-refractivity contribution in [1.29, 1.82) is 0 Å². The highest BCUT2D eigenvalue weighted by molar-refractivity contribution is 8.00. The van der Waals surface area contributed by atoms with E-state index >= 15 is 0 Å². The third-order valence-electron chi connectivity index (χ3n) is 4.96. The Morgan fingerprint density at radius 3 is 2.56 bits per heavy atom. The molecule has 4 unspecified atom stereocenters. The molecule has 0 amide bonds. The lowest BCUT2D eigenvalue weighted by Crippen LogP contribution is -2.61. The molecule has 0 aromatic carbocycles. The lowest BCUT2D eigenvalue weighted by molar-refractivity contribution is 0.0344. The van der Waals surface area contributed by atoms with Gasteiger partial charge >= 0.3 is 0 Å². The van der Waals surface area contributed by atoms with Crippen molar-refractivity contribution in [3.8, 4) is 0 Å². The van der Waals surface area contributed by atoms with Gasteiger partial charge in [0, 0.05) is 35.7 Å². The van der Waals surface area contributed by atoms with Gasteiger partial charge in [0.2, 0.25) is 0 Å². The summed E-state index contributed by atoms with van der Waals surface area (Å²) in [6.07, 6.45) is 3.68. The molecule has 1 aliphatic rings. The van der Waals surface area contributed by atoms with E-state index in [1.807, 2.05) is 0 Å². The molecular formula is C15H32N2S. The van der Waals surface area contributed by atoms with Crippen LogP contribution in [0.15, 0.2) is 0 Å². The maximum absolute atomic E-state index is 6.21. The molecule has 4 atom stereocenters. The largest absolute Gasteiger partial charge is 0.329 e. The van der Waals surface area contributed by atoms with Crippen LogP contribution in [0.4, 0.5) is 0 Å². The summed E-state index contributed by atoms with van der Waals surface area (Å²) in [6, 6.07) is 0.649. The molecule has 0 aromatic rings. The van der Waals surface area contributed by atoms with Gasteiger partial charge in [-0.15, -0.1) is 0 Å². The standard InChI is InChI=1S/C15H32N2S/c1-6-12(3)10-15(7-2,11-16)17-8-9-18-14(5)13(17)4/h12-14H,6-11,16H2,1-5H3. The molecule has 2 N–H and O–H groups in total. The minimum Gasteiger partial charge on any atom is -0.329 e. The van der Waals surface area contributed by atoms with Crippen LogP contribution in [-0.2, 0) is 0 Å². The van der Waals surface area contributed by atoms with E-state index in [4.69, 9.17) is 5.73 Å². The van der Waals surface area contributed by atoms with Crippen molar-refractivity contribution in [2.75, 3.05) is 18.8 Å². The summed E-state index contributed by atoms with van der Waals surface area (Å²) in [5.41, 5.74) is 6.44. The molecule has 2 nitrogen and oxygen atoms in total. The zero-order valence-corrected chi connectivity index (χ0v) is 13.7. The average molecular weight is 273 g/mol. The Bertz CT molecular complexity index is 241. The molecule has 3 heteroatoms. The summed E-state index contributed by atoms with van der Waals surface area (Å²) in [6.45, 7) is 13.7. The molecule has 1 fully saturated rings. The number of nitrogens with two attached hydrogens (primary N) is 1. The van der Waals surface area contributed by atoms with Crippen LogP contribution < -0.4 is 5.73 Å². The second-order valence-corrected chi connectivity index (χ2v) is 7.49. The monoisotopic (exact) mass is 272 g/mol. The van der Waals surface area contributed by atoms with Crippen molar-refractivity contribution < 1.29 is 0 Å². The fraction of sp³-hybridized carbons (Fsp3) is 1.00. The van der Waals surface area contributed by atoms with Crippen LogP contribution in [0, 0.1) is 5.92 Å². The van der Waals surface area contributed by atoms with E-state index in [0.717, 1.165) is 17.7 Å². The van der Waals surface area contributed by atoms with Crippen molar-refractivity contribution in [3.05, 3.63) is 0 Å². The molecule has 1 rings (SSSR count). The summed E-state index contributed by atoms with van der Waals surface area (Å²) in [7, 11) is 0. The van der Waals surface area contributed by atoms with Gasteiger partial charge in [0.25, 0.3) is 0 Å². The molecule has 1 heterocycles. The van der Waals surface area contributed by atoms with Gasteiger partial charge in [0.15, 0.2) is 0 Å². The highest BCUT2D eigenvalue weighted by Gasteiger charge is 2.40. The highest BCUT2D eigenvalue weighted by Crippen LogP contribution is 2.35. The number of hydrogen-bond donors (Lipinski definition) is 1. The topological polar surface area (TPSA) is 29.3 Å². The van der Waals surface area contributed by atoms with Crippen LogP contribution in [0.1, 0.15) is 53.9 Å². The number of rotatable bonds is 6. The molecule has 0 aliphatic carbocycles. The first-order chi connectivity index (χ1) is 8.50. The van der Waals surface area contributed by atoms with Crippen LogP contribution in [0.5, 0.6) is 0 Å². The van der Waals surface area contributed by atoms with Gasteiger partial charge < -0.3 is 5.73 Å². The summed E-state index contributed by atoms with van der Waals surface area (Å²) >= 11 is 2.11. The number of hydrogen-bond acceptors (Lipinski definition) is 3. The maximum Gasteiger partial charge on any atom is 0.0335 e. The van der Waals surface area contributed by atoms with Crippen LogP contribution in [0.25, 0.3) is 0 Å². The first-order valence-electron chi connectivity index (χ1n) is 7.59. The molecule has 0 spiro atoms. The second kappa shape index (κ2) is 7.16. The van der Waals surface area contributed by atoms with E-state index in [2.05, 4.69) is 51.3 Å². The van der Waals surface area contributed by atoms with Crippen LogP contribution in [-0.4, -0.2) is 40.6 Å². The van der Waals surface area contributed by atoms with Crippen molar-refractivity contribution in [3.63, 3.8) is 0 Å². The Kier molecular flexibility index (Phi) is 6.49. The zero-order chi connectivity index (χ0) is 13.8. The van der Waals surface area contributed by atoms with Gasteiger partial charge in [0.05, 0.1) is 0 Å². The maximum atomic E-state index is 6.21. The first kappa shape index (κ1) is 16.3. The van der Waals surface area contributed by atoms with E-state index in [-0.39, 0.29) is 5.54 Å². The van der Waals surface area contributed by atoms with Crippen molar-refractivity contribution in [1.82, 2.24) is 4.90 Å². The third kappa shape index (κ3) is 3.43. The molecule has 0 aromatic heterocycles. The van der Waals surface area contributed by atoms with Gasteiger partial charge in [-0.05, 0) is 25.7 Å². The van der Waals surface area contributed by atoms with E-state index in [0.29, 0.717) is 6.04 Å². The Hall–Kier alpha value is 0.270. The van der Waals surface area contributed by atoms with Crippen molar-refractivity contribution in [2.24, 2.45) is 11.7 Å². The van der Waals surface area contributed by atoms with Crippen molar-refractivity contribution in [2.45, 2.75) is 70.7 Å². The molecule has 0 radical (unpaired) electrons. The smallest absolute Gasteiger partial charge is 0.0335 e. The van der Waals surface area contributed by atoms with Gasteiger partial charge in [-0.25, -0.2) is 0 Å². The molecule has 1 saturated heterocycles. The van der Waals surface area contributed by atoms with Crippen LogP contribution in [0.2, 0.25) is 0 Å². The van der Waals surface area contributed by atoms with Gasteiger partial charge in [0.1, 0.15) is 0 Å². The quantitative estimate of drug-likeness (QED) is 0.804. The summed E-state index contributed by atoms with van der Waals surface area (Å²) in [5.74, 6) is 2.03. The SMILES string of the molecule is CCC(C)CC(CC)(CN)N1CCSC(C)C1C. The van der Waals surface area contributed by atoms with Crippen LogP contribution in [0.3, 0.4) is 0 Å². The van der Waals surface area contributed by atoms with E-state index in [1.54, 1.807) is 0 Å². The Balaban J connectivity index is 2.87. The van der Waals surface area contributed by atoms with Crippen LogP contribution >= 0.6 is 11.8 Å². The van der Waals surface area contributed by atoms with Crippen molar-refractivity contribution >= 4 is 11.8 Å². The molecule has 0 bridgehead atoms. The molecule has 108 valence electrons. The Morgan fingerprint density at radius 2 is 2.06 bits per heavy atom. The minimum absolute atomic E-state index is 0.226. The highest BCUT2D eigenvalue weighted by atomic mass is 32.2. The summed E-state index contributed by atoms with van der Waals surface area (Å²) < 4.78 is 0. The molecule has 1 aliphatic heterocycles. The molecule has 18 heavy (non-hydrogen) atoms. The van der Waals surface area contributed by atoms with E-state index < -0.39 is 0 Å². The van der Waals surface area contributed by atoms with E-state index in [1.165, 1.54) is 31.6 Å².